The number of rotatable bonds is 2. The molecule has 2 fully saturated rings. The molecule has 1 saturated carbocycles. The number of amides is 2. The quantitative estimate of drug-likeness (QED) is 0.797. The summed E-state index contributed by atoms with van der Waals surface area (Å²) in [6.45, 7) is 6.16. The summed E-state index contributed by atoms with van der Waals surface area (Å²) < 4.78 is 5.42. The molecule has 1 N–H and O–H groups in total. The predicted octanol–water partition coefficient (Wildman–Crippen LogP) is 3.22. The first-order valence-electron chi connectivity index (χ1n) is 8.67. The van der Waals surface area contributed by atoms with Crippen molar-refractivity contribution >= 4 is 12.0 Å². The van der Waals surface area contributed by atoms with Crippen LogP contribution in [0.3, 0.4) is 0 Å². The molecule has 22 heavy (non-hydrogen) atoms. The van der Waals surface area contributed by atoms with Crippen molar-refractivity contribution in [3.05, 3.63) is 0 Å². The van der Waals surface area contributed by atoms with E-state index in [9.17, 15) is 9.59 Å². The first kappa shape index (κ1) is 17.1. The first-order valence-corrected chi connectivity index (χ1v) is 8.67. The molecular formula is C17H30N2O3. The van der Waals surface area contributed by atoms with Crippen molar-refractivity contribution in [1.29, 1.82) is 0 Å². The van der Waals surface area contributed by atoms with E-state index < -0.39 is 5.60 Å². The summed E-state index contributed by atoms with van der Waals surface area (Å²) in [5, 5.41) is 3.16. The van der Waals surface area contributed by atoms with Gasteiger partial charge in [0.2, 0.25) is 5.91 Å². The van der Waals surface area contributed by atoms with Crippen LogP contribution in [0, 0.1) is 0 Å². The van der Waals surface area contributed by atoms with Crippen molar-refractivity contribution in [2.75, 3.05) is 6.54 Å². The van der Waals surface area contributed by atoms with Crippen LogP contribution in [0.15, 0.2) is 0 Å². The van der Waals surface area contributed by atoms with Crippen LogP contribution in [-0.2, 0) is 9.53 Å². The lowest BCUT2D eigenvalue weighted by Crippen LogP contribution is -2.49. The van der Waals surface area contributed by atoms with E-state index in [1.165, 1.54) is 25.7 Å². The third kappa shape index (κ3) is 4.89. The van der Waals surface area contributed by atoms with Gasteiger partial charge in [-0.2, -0.15) is 0 Å². The van der Waals surface area contributed by atoms with Gasteiger partial charge in [-0.05, 0) is 46.5 Å². The highest BCUT2D eigenvalue weighted by atomic mass is 16.6. The van der Waals surface area contributed by atoms with Gasteiger partial charge in [-0.25, -0.2) is 4.79 Å². The van der Waals surface area contributed by atoms with E-state index in [4.69, 9.17) is 4.74 Å². The number of nitrogens with one attached hydrogen (secondary N) is 1. The van der Waals surface area contributed by atoms with Crippen LogP contribution in [0.4, 0.5) is 4.79 Å². The average Bonchev–Trinajstić information content (AvgIpc) is 2.77. The Hall–Kier alpha value is -1.26. The van der Waals surface area contributed by atoms with E-state index in [0.717, 1.165) is 25.7 Å². The highest BCUT2D eigenvalue weighted by Gasteiger charge is 2.37. The molecule has 2 amide bonds. The Morgan fingerprint density at radius 3 is 2.23 bits per heavy atom. The zero-order valence-electron chi connectivity index (χ0n) is 14.2. The fraction of sp³-hybridized carbons (Fsp3) is 0.882. The van der Waals surface area contributed by atoms with Gasteiger partial charge in [0.05, 0.1) is 0 Å². The number of carbonyl (C=O) groups is 2. The molecule has 5 nitrogen and oxygen atoms in total. The van der Waals surface area contributed by atoms with Crippen molar-refractivity contribution in [3.63, 3.8) is 0 Å². The Balaban J connectivity index is 1.91. The minimum absolute atomic E-state index is 0.00439. The van der Waals surface area contributed by atoms with E-state index in [1.807, 2.05) is 20.8 Å². The van der Waals surface area contributed by atoms with Crippen molar-refractivity contribution in [3.8, 4) is 0 Å². The largest absolute Gasteiger partial charge is 0.444 e. The Morgan fingerprint density at radius 1 is 1.00 bits per heavy atom. The molecule has 1 saturated heterocycles. The summed E-state index contributed by atoms with van der Waals surface area (Å²) in [4.78, 5) is 26.4. The smallest absolute Gasteiger partial charge is 0.410 e. The monoisotopic (exact) mass is 310 g/mol. The highest BCUT2D eigenvalue weighted by molar-refractivity contribution is 5.86. The molecular weight excluding hydrogens is 280 g/mol. The molecule has 0 aromatic rings. The maximum Gasteiger partial charge on any atom is 0.410 e. The Labute approximate surface area is 133 Å². The number of hydrogen-bond acceptors (Lipinski definition) is 3. The van der Waals surface area contributed by atoms with Crippen molar-refractivity contribution in [1.82, 2.24) is 10.2 Å². The SMILES string of the molecule is CC(C)(C)OC(=O)N1CCCC1C(=O)NC1CCCCCC1. The second-order valence-electron chi connectivity index (χ2n) is 7.53. The fourth-order valence-electron chi connectivity index (χ4n) is 3.30. The number of carbonyl (C=O) groups excluding carboxylic acids is 2. The zero-order chi connectivity index (χ0) is 16.2. The Bertz CT molecular complexity index is 395. The minimum atomic E-state index is -0.526. The van der Waals surface area contributed by atoms with Gasteiger partial charge in [0.15, 0.2) is 0 Å². The average molecular weight is 310 g/mol. The molecule has 1 unspecified atom stereocenters. The van der Waals surface area contributed by atoms with Crippen LogP contribution >= 0.6 is 0 Å². The summed E-state index contributed by atoms with van der Waals surface area (Å²) in [7, 11) is 0. The van der Waals surface area contributed by atoms with Gasteiger partial charge in [0.25, 0.3) is 0 Å². The molecule has 126 valence electrons. The van der Waals surface area contributed by atoms with Gasteiger partial charge in [-0.3, -0.25) is 9.69 Å². The van der Waals surface area contributed by atoms with Crippen LogP contribution < -0.4 is 5.32 Å². The van der Waals surface area contributed by atoms with Crippen LogP contribution in [-0.4, -0.2) is 41.1 Å². The summed E-state index contributed by atoms with van der Waals surface area (Å²) in [6, 6.07) is -0.0887. The van der Waals surface area contributed by atoms with Crippen molar-refractivity contribution in [2.45, 2.75) is 89.8 Å². The van der Waals surface area contributed by atoms with E-state index in [1.54, 1.807) is 4.90 Å². The fourth-order valence-corrected chi connectivity index (χ4v) is 3.30. The Morgan fingerprint density at radius 2 is 1.64 bits per heavy atom. The molecule has 0 aromatic carbocycles. The third-order valence-electron chi connectivity index (χ3n) is 4.39. The second-order valence-corrected chi connectivity index (χ2v) is 7.53. The van der Waals surface area contributed by atoms with Gasteiger partial charge >= 0.3 is 6.09 Å². The lowest BCUT2D eigenvalue weighted by Gasteiger charge is -2.29. The zero-order valence-corrected chi connectivity index (χ0v) is 14.2. The maximum atomic E-state index is 12.5. The third-order valence-corrected chi connectivity index (χ3v) is 4.39. The summed E-state index contributed by atoms with van der Waals surface area (Å²) in [6.07, 6.45) is 8.25. The van der Waals surface area contributed by atoms with E-state index in [2.05, 4.69) is 5.32 Å². The van der Waals surface area contributed by atoms with E-state index >= 15 is 0 Å². The van der Waals surface area contributed by atoms with Crippen LogP contribution in [0.2, 0.25) is 0 Å². The molecule has 1 aliphatic heterocycles. The van der Waals surface area contributed by atoms with Crippen LogP contribution in [0.1, 0.15) is 72.1 Å². The molecule has 0 radical (unpaired) electrons. The molecule has 0 aromatic heterocycles. The highest BCUT2D eigenvalue weighted by Crippen LogP contribution is 2.22. The van der Waals surface area contributed by atoms with Crippen molar-refractivity contribution in [2.24, 2.45) is 0 Å². The standard InChI is InChI=1S/C17H30N2O3/c1-17(2,3)22-16(21)19-12-8-11-14(19)15(20)18-13-9-6-4-5-7-10-13/h13-14H,4-12H2,1-3H3,(H,18,20). The molecule has 2 rings (SSSR count). The van der Waals surface area contributed by atoms with E-state index in [-0.39, 0.29) is 24.1 Å². The van der Waals surface area contributed by atoms with Gasteiger partial charge in [-0.15, -0.1) is 0 Å². The second kappa shape index (κ2) is 7.34. The molecule has 5 heteroatoms. The predicted molar refractivity (Wildman–Crippen MR) is 85.6 cm³/mol. The molecule has 0 spiro atoms. The van der Waals surface area contributed by atoms with Crippen LogP contribution in [0.25, 0.3) is 0 Å². The molecule has 0 bridgehead atoms. The number of likely N-dealkylation sites (tertiary alicyclic amines) is 1. The summed E-state index contributed by atoms with van der Waals surface area (Å²) in [5.74, 6) is -0.00439. The lowest BCUT2D eigenvalue weighted by molar-refractivity contribution is -0.126. The Kier molecular flexibility index (Phi) is 5.70. The topological polar surface area (TPSA) is 58.6 Å². The normalized spacial score (nSPS) is 24.0. The van der Waals surface area contributed by atoms with Gasteiger partial charge in [-0.1, -0.05) is 25.7 Å². The molecule has 1 aliphatic carbocycles. The van der Waals surface area contributed by atoms with Crippen LogP contribution in [0.5, 0.6) is 0 Å². The van der Waals surface area contributed by atoms with Gasteiger partial charge in [0, 0.05) is 12.6 Å². The molecule has 1 heterocycles. The summed E-state index contributed by atoms with van der Waals surface area (Å²) in [5.41, 5.74) is -0.526. The lowest BCUT2D eigenvalue weighted by atomic mass is 10.1. The van der Waals surface area contributed by atoms with Gasteiger partial charge in [0.1, 0.15) is 11.6 Å². The molecule has 1 atom stereocenters. The van der Waals surface area contributed by atoms with E-state index in [0.29, 0.717) is 6.54 Å². The maximum absolute atomic E-state index is 12.5. The first-order chi connectivity index (χ1) is 10.4. The van der Waals surface area contributed by atoms with Gasteiger partial charge < -0.3 is 10.1 Å². The summed E-state index contributed by atoms with van der Waals surface area (Å²) >= 11 is 0. The molecule has 2 aliphatic rings. The number of hydrogen-bond donors (Lipinski definition) is 1. The number of nitrogens with zero attached hydrogens (tertiary/aromatic N) is 1. The number of ether oxygens (including phenoxy) is 1. The minimum Gasteiger partial charge on any atom is -0.444 e. The van der Waals surface area contributed by atoms with Crippen molar-refractivity contribution < 1.29 is 14.3 Å².